The zero-order valence-corrected chi connectivity index (χ0v) is 70.8. The number of carbonyl (C=O) groups is 8. The van der Waals surface area contributed by atoms with Crippen LogP contribution in [0.15, 0.2) is 0 Å². The van der Waals surface area contributed by atoms with Crippen LogP contribution in [0, 0.1) is 5.41 Å². The first-order chi connectivity index (χ1) is 51.4. The molecule has 0 amide bonds. The zero-order valence-electron chi connectivity index (χ0n) is 67.6. The molecule has 0 N–H and O–H groups in total. The van der Waals surface area contributed by atoms with Crippen LogP contribution in [0.4, 0.5) is 0 Å². The fourth-order valence-electron chi connectivity index (χ4n) is 11.9. The largest absolute Gasteiger partial charge is 0.466 e. The Balaban J connectivity index is 5.63. The summed E-state index contributed by atoms with van der Waals surface area (Å²) >= 11 is 5.69. The Hall–Kier alpha value is -2.84. The van der Waals surface area contributed by atoms with Gasteiger partial charge in [-0.2, -0.15) is 47.0 Å². The predicted octanol–water partition coefficient (Wildman–Crippen LogP) is 23.2. The molecule has 0 aromatic heterocycles. The maximum atomic E-state index is 13.5. The fraction of sp³-hybridized carbons (Fsp3) is 0.906. The molecule has 0 aliphatic heterocycles. The second-order valence-electron chi connectivity index (χ2n) is 29.0. The lowest BCUT2D eigenvalue weighted by Gasteiger charge is -2.31. The quantitative estimate of drug-likeness (QED) is 0.0315. The summed E-state index contributed by atoms with van der Waals surface area (Å²) in [5.74, 6) is -0.140. The molecule has 0 aliphatic carbocycles. The lowest BCUT2D eigenvalue weighted by atomic mass is 9.92. The number of ether oxygens (including phenoxy) is 8. The Kier molecular flexibility index (Phi) is 79.9. The van der Waals surface area contributed by atoms with Gasteiger partial charge < -0.3 is 37.9 Å². The molecule has 0 radical (unpaired) electrons. The van der Waals surface area contributed by atoms with Crippen molar-refractivity contribution in [3.05, 3.63) is 0 Å². The summed E-state index contributed by atoms with van der Waals surface area (Å²) in [4.78, 5) is 104. The van der Waals surface area contributed by atoms with Gasteiger partial charge in [0, 0.05) is 46.0 Å². The highest BCUT2D eigenvalue weighted by Crippen LogP contribution is 2.25. The Labute approximate surface area is 658 Å². The van der Waals surface area contributed by atoms with Crippen LogP contribution in [0.2, 0.25) is 0 Å². The minimum absolute atomic E-state index is 0.00743. The highest BCUT2D eigenvalue weighted by Gasteiger charge is 2.38. The predicted molar refractivity (Wildman–Crippen MR) is 441 cm³/mol. The molecule has 0 bridgehead atoms. The summed E-state index contributed by atoms with van der Waals surface area (Å²) in [5, 5.41) is 0. The Bertz CT molecular complexity index is 1740. The maximum absolute atomic E-state index is 13.5. The van der Waals surface area contributed by atoms with Crippen LogP contribution >= 0.6 is 47.0 Å². The third kappa shape index (κ3) is 77.7. The number of unbranched alkanes of at least 4 members (excludes halogenated alkanes) is 44. The van der Waals surface area contributed by atoms with Gasteiger partial charge in [-0.15, -0.1) is 0 Å². The van der Waals surface area contributed by atoms with Crippen molar-refractivity contribution in [1.82, 2.24) is 0 Å². The minimum Gasteiger partial charge on any atom is -0.466 e. The van der Waals surface area contributed by atoms with Gasteiger partial charge >= 0.3 is 47.8 Å². The molecular formula is C85H156O16S4. The maximum Gasteiger partial charge on any atom is 0.306 e. The normalized spacial score (nSPS) is 11.4. The van der Waals surface area contributed by atoms with Crippen molar-refractivity contribution >= 4 is 94.8 Å². The molecule has 0 saturated carbocycles. The molecule has 0 saturated heterocycles. The lowest BCUT2D eigenvalue weighted by Crippen LogP contribution is -2.44. The highest BCUT2D eigenvalue weighted by molar-refractivity contribution is 7.99. The molecule has 0 unspecified atom stereocenters. The summed E-state index contributed by atoms with van der Waals surface area (Å²) in [6.07, 6.45) is 59.7. The third-order valence-corrected chi connectivity index (χ3v) is 22.7. The van der Waals surface area contributed by atoms with Crippen LogP contribution in [-0.4, -0.2) is 147 Å². The number of esters is 8. The molecule has 616 valence electrons. The first kappa shape index (κ1) is 102. The number of rotatable bonds is 84. The molecule has 0 aliphatic rings. The second-order valence-corrected chi connectivity index (χ2v) is 33.9. The molecule has 16 nitrogen and oxygen atoms in total. The van der Waals surface area contributed by atoms with Crippen LogP contribution in [-0.2, 0) is 76.3 Å². The van der Waals surface area contributed by atoms with Gasteiger partial charge in [0.25, 0.3) is 0 Å². The van der Waals surface area contributed by atoms with Crippen LogP contribution < -0.4 is 0 Å². The zero-order chi connectivity index (χ0) is 76.5. The molecule has 0 aromatic carbocycles. The van der Waals surface area contributed by atoms with Crippen molar-refractivity contribution in [1.29, 1.82) is 0 Å². The Morgan fingerprint density at radius 3 is 0.448 bits per heavy atom. The van der Waals surface area contributed by atoms with Gasteiger partial charge in [-0.3, -0.25) is 38.4 Å². The van der Waals surface area contributed by atoms with E-state index in [1.54, 1.807) is 0 Å². The molecule has 20 heteroatoms. The van der Waals surface area contributed by atoms with Crippen LogP contribution in [0.5, 0.6) is 0 Å². The van der Waals surface area contributed by atoms with Crippen LogP contribution in [0.1, 0.15) is 387 Å². The SMILES string of the molecule is CCCCCCCCCCCCCCOC(=O)CCSCCC(=O)OCC(COC(=O)CCSCCC(=O)OCCCCCCCCCCCCCC)(COC(=O)CCSCCC(=O)OCCCCCCCCCCCCCC)COC(=O)CCSCCC(=O)OCCCCCCCCCCCCCC. The summed E-state index contributed by atoms with van der Waals surface area (Å²) in [6, 6.07) is 0. The summed E-state index contributed by atoms with van der Waals surface area (Å²) in [7, 11) is 0. The van der Waals surface area contributed by atoms with Crippen molar-refractivity contribution in [3.8, 4) is 0 Å². The van der Waals surface area contributed by atoms with Crippen molar-refractivity contribution in [3.63, 3.8) is 0 Å². The third-order valence-electron chi connectivity index (χ3n) is 18.8. The summed E-state index contributed by atoms with van der Waals surface area (Å²) in [5.41, 5.74) is -1.50. The van der Waals surface area contributed by atoms with Crippen LogP contribution in [0.3, 0.4) is 0 Å². The van der Waals surface area contributed by atoms with Gasteiger partial charge in [0.05, 0.1) is 77.8 Å². The molecule has 0 fully saturated rings. The van der Waals surface area contributed by atoms with Crippen LogP contribution in [0.25, 0.3) is 0 Å². The molecule has 0 spiro atoms. The molecule has 0 heterocycles. The standard InChI is InChI=1S/C85H156O16S4/c1-5-9-13-17-21-25-29-33-37-41-45-49-61-94-77(86)53-65-102-69-57-81(90)98-73-85(74-99-82(91)58-70-103-66-54-78(87)95-62-50-46-42-38-34-30-26-22-18-14-10-6-2,75-100-83(92)59-71-104-67-55-79(88)96-63-51-47-43-39-35-31-27-23-19-15-11-7-3)76-101-84(93)60-72-105-68-56-80(89)97-64-52-48-44-40-36-32-28-24-20-16-12-8-4/h5-76H2,1-4H3. The number of carbonyl (C=O) groups excluding carboxylic acids is 8. The number of thioether (sulfide) groups is 4. The van der Waals surface area contributed by atoms with E-state index in [1.807, 2.05) is 0 Å². The fourth-order valence-corrected chi connectivity index (χ4v) is 15.2. The number of hydrogen-bond acceptors (Lipinski definition) is 20. The average molecular weight is 1560 g/mol. The molecular weight excluding hydrogens is 1410 g/mol. The van der Waals surface area contributed by atoms with E-state index in [2.05, 4.69) is 27.7 Å². The average Bonchev–Trinajstić information content (AvgIpc) is 0.855. The van der Waals surface area contributed by atoms with E-state index < -0.39 is 55.7 Å². The lowest BCUT2D eigenvalue weighted by molar-refractivity contribution is -0.170. The second kappa shape index (κ2) is 82.1. The molecule has 0 aromatic rings. The van der Waals surface area contributed by atoms with E-state index >= 15 is 0 Å². The van der Waals surface area contributed by atoms with Gasteiger partial charge in [0.1, 0.15) is 31.8 Å². The van der Waals surface area contributed by atoms with Gasteiger partial charge in [-0.1, -0.05) is 310 Å². The van der Waals surface area contributed by atoms with E-state index in [1.165, 1.54) is 278 Å². The smallest absolute Gasteiger partial charge is 0.306 e. The summed E-state index contributed by atoms with van der Waals surface area (Å²) < 4.78 is 45.3. The van der Waals surface area contributed by atoms with E-state index in [9.17, 15) is 38.4 Å². The van der Waals surface area contributed by atoms with Crippen molar-refractivity contribution in [2.45, 2.75) is 387 Å². The Morgan fingerprint density at radius 1 is 0.181 bits per heavy atom. The van der Waals surface area contributed by atoms with Crippen molar-refractivity contribution < 1.29 is 76.3 Å². The highest BCUT2D eigenvalue weighted by atomic mass is 32.2. The van der Waals surface area contributed by atoms with Gasteiger partial charge in [-0.05, 0) is 25.7 Å². The number of hydrogen-bond donors (Lipinski definition) is 0. The minimum atomic E-state index is -1.50. The summed E-state index contributed by atoms with van der Waals surface area (Å²) in [6.45, 7) is 8.91. The first-order valence-electron chi connectivity index (χ1n) is 43.0. The molecule has 105 heavy (non-hydrogen) atoms. The van der Waals surface area contributed by atoms with E-state index in [4.69, 9.17) is 37.9 Å². The van der Waals surface area contributed by atoms with E-state index in [0.717, 1.165) is 77.0 Å². The van der Waals surface area contributed by atoms with Crippen molar-refractivity contribution in [2.24, 2.45) is 5.41 Å². The monoisotopic (exact) mass is 1560 g/mol. The van der Waals surface area contributed by atoms with E-state index in [0.29, 0.717) is 72.5 Å². The first-order valence-corrected chi connectivity index (χ1v) is 47.6. The molecule has 0 atom stereocenters. The van der Waals surface area contributed by atoms with Crippen molar-refractivity contribution in [2.75, 3.05) is 98.9 Å². The topological polar surface area (TPSA) is 210 Å². The Morgan fingerprint density at radius 2 is 0.305 bits per heavy atom. The van der Waals surface area contributed by atoms with E-state index in [-0.39, 0.29) is 75.2 Å². The van der Waals surface area contributed by atoms with Gasteiger partial charge in [0.2, 0.25) is 0 Å². The van der Waals surface area contributed by atoms with Gasteiger partial charge in [0.15, 0.2) is 0 Å². The van der Waals surface area contributed by atoms with Gasteiger partial charge in [-0.25, -0.2) is 0 Å². The molecule has 0 rings (SSSR count).